The lowest BCUT2D eigenvalue weighted by atomic mass is 10.1. The SMILES string of the molecule is CCOc1ccc(-n2c(=O)c3ccccc3n(C(CC)C(=O)NCc3ccco3)c2=O)cc1. The van der Waals surface area contributed by atoms with Gasteiger partial charge in [0.05, 0.1) is 36.0 Å². The second-order valence-electron chi connectivity index (χ2n) is 7.46. The average molecular weight is 447 g/mol. The molecule has 2 aromatic carbocycles. The number of benzene rings is 2. The largest absolute Gasteiger partial charge is 0.494 e. The molecule has 0 aliphatic rings. The Morgan fingerprint density at radius 3 is 2.45 bits per heavy atom. The highest BCUT2D eigenvalue weighted by atomic mass is 16.5. The first-order valence-electron chi connectivity index (χ1n) is 10.8. The van der Waals surface area contributed by atoms with Gasteiger partial charge in [0.1, 0.15) is 17.6 Å². The Bertz CT molecular complexity index is 1370. The van der Waals surface area contributed by atoms with Crippen LogP contribution < -0.4 is 21.3 Å². The van der Waals surface area contributed by atoms with Gasteiger partial charge in [-0.25, -0.2) is 9.36 Å². The summed E-state index contributed by atoms with van der Waals surface area (Å²) in [6.45, 7) is 4.41. The Morgan fingerprint density at radius 2 is 1.79 bits per heavy atom. The quantitative estimate of drug-likeness (QED) is 0.447. The Labute approximate surface area is 190 Å². The number of amides is 1. The number of hydrogen-bond donors (Lipinski definition) is 1. The molecule has 0 aliphatic heterocycles. The van der Waals surface area contributed by atoms with Gasteiger partial charge in [0.15, 0.2) is 0 Å². The second kappa shape index (κ2) is 9.60. The minimum atomic E-state index is -0.813. The minimum Gasteiger partial charge on any atom is -0.494 e. The first-order valence-corrected chi connectivity index (χ1v) is 10.8. The zero-order valence-electron chi connectivity index (χ0n) is 18.5. The molecule has 170 valence electrons. The maximum Gasteiger partial charge on any atom is 0.336 e. The van der Waals surface area contributed by atoms with Crippen LogP contribution in [-0.4, -0.2) is 21.6 Å². The van der Waals surface area contributed by atoms with Gasteiger partial charge in [-0.15, -0.1) is 0 Å². The molecular formula is C25H25N3O5. The molecule has 1 atom stereocenters. The standard InChI is InChI=1S/C25H25N3O5/c1-3-21(23(29)26-16-19-8-7-15-33-19)28-22-10-6-5-9-20(22)24(30)27(25(28)31)17-11-13-18(14-12-17)32-4-2/h5-15,21H,3-4,16H2,1-2H3,(H,26,29). The molecule has 4 rings (SSSR count). The van der Waals surface area contributed by atoms with E-state index in [1.807, 2.05) is 13.8 Å². The number of rotatable bonds is 8. The van der Waals surface area contributed by atoms with E-state index in [4.69, 9.17) is 9.15 Å². The van der Waals surface area contributed by atoms with Crippen molar-refractivity contribution in [3.8, 4) is 11.4 Å². The van der Waals surface area contributed by atoms with Crippen molar-refractivity contribution in [2.75, 3.05) is 6.61 Å². The number of hydrogen-bond acceptors (Lipinski definition) is 5. The fourth-order valence-corrected chi connectivity index (χ4v) is 3.86. The van der Waals surface area contributed by atoms with Crippen LogP contribution in [0.2, 0.25) is 0 Å². The lowest BCUT2D eigenvalue weighted by Crippen LogP contribution is -2.44. The van der Waals surface area contributed by atoms with Crippen molar-refractivity contribution in [3.05, 3.63) is 93.5 Å². The third-order valence-corrected chi connectivity index (χ3v) is 5.42. The molecule has 8 nitrogen and oxygen atoms in total. The van der Waals surface area contributed by atoms with Crippen molar-refractivity contribution in [2.45, 2.75) is 32.9 Å². The summed E-state index contributed by atoms with van der Waals surface area (Å²) >= 11 is 0. The first kappa shape index (κ1) is 22.1. The van der Waals surface area contributed by atoms with Crippen LogP contribution in [0.15, 0.2) is 80.9 Å². The van der Waals surface area contributed by atoms with E-state index in [0.29, 0.717) is 41.1 Å². The fourth-order valence-electron chi connectivity index (χ4n) is 3.86. The minimum absolute atomic E-state index is 0.202. The Kier molecular flexibility index (Phi) is 6.44. The van der Waals surface area contributed by atoms with Crippen LogP contribution in [0.3, 0.4) is 0 Å². The van der Waals surface area contributed by atoms with E-state index in [-0.39, 0.29) is 12.5 Å². The number of ether oxygens (including phenoxy) is 1. The van der Waals surface area contributed by atoms with Gasteiger partial charge in [0.25, 0.3) is 5.56 Å². The summed E-state index contributed by atoms with van der Waals surface area (Å²) in [5, 5.41) is 3.18. The van der Waals surface area contributed by atoms with E-state index >= 15 is 0 Å². The van der Waals surface area contributed by atoms with Gasteiger partial charge in [-0.2, -0.15) is 0 Å². The average Bonchev–Trinajstić information content (AvgIpc) is 3.35. The maximum atomic E-state index is 13.6. The number of furan rings is 1. The molecule has 0 aliphatic carbocycles. The van der Waals surface area contributed by atoms with E-state index in [1.165, 1.54) is 10.8 Å². The lowest BCUT2D eigenvalue weighted by molar-refractivity contribution is -0.124. The zero-order chi connectivity index (χ0) is 23.4. The van der Waals surface area contributed by atoms with Crippen molar-refractivity contribution in [2.24, 2.45) is 0 Å². The summed E-state index contributed by atoms with van der Waals surface area (Å²) in [5.41, 5.74) is -0.210. The van der Waals surface area contributed by atoms with Crippen molar-refractivity contribution >= 4 is 16.8 Å². The number of nitrogens with one attached hydrogen (secondary N) is 1. The first-order chi connectivity index (χ1) is 16.0. The van der Waals surface area contributed by atoms with Gasteiger partial charge in [-0.05, 0) is 61.9 Å². The normalized spacial score (nSPS) is 11.9. The highest BCUT2D eigenvalue weighted by molar-refractivity contribution is 5.84. The number of carbonyl (C=O) groups excluding carboxylic acids is 1. The lowest BCUT2D eigenvalue weighted by Gasteiger charge is -2.21. The predicted octanol–water partition coefficient (Wildman–Crippen LogP) is 3.41. The number of nitrogens with zero attached hydrogens (tertiary/aromatic N) is 2. The van der Waals surface area contributed by atoms with Crippen LogP contribution in [-0.2, 0) is 11.3 Å². The van der Waals surface area contributed by atoms with Crippen molar-refractivity contribution in [1.82, 2.24) is 14.5 Å². The van der Waals surface area contributed by atoms with Crippen molar-refractivity contribution in [1.29, 1.82) is 0 Å². The molecule has 0 saturated heterocycles. The summed E-state index contributed by atoms with van der Waals surface area (Å²) in [4.78, 5) is 40.0. The highest BCUT2D eigenvalue weighted by Gasteiger charge is 2.25. The number of para-hydroxylation sites is 1. The number of aromatic nitrogens is 2. The van der Waals surface area contributed by atoms with Gasteiger partial charge in [-0.3, -0.25) is 14.2 Å². The van der Waals surface area contributed by atoms with E-state index in [1.54, 1.807) is 60.7 Å². The van der Waals surface area contributed by atoms with Gasteiger partial charge < -0.3 is 14.5 Å². The molecule has 33 heavy (non-hydrogen) atoms. The Balaban J connectivity index is 1.84. The number of fused-ring (bicyclic) bond motifs is 1. The fraction of sp³-hybridized carbons (Fsp3) is 0.240. The number of carbonyl (C=O) groups is 1. The van der Waals surface area contributed by atoms with Crippen molar-refractivity contribution in [3.63, 3.8) is 0 Å². The summed E-state index contributed by atoms with van der Waals surface area (Å²) < 4.78 is 13.2. The van der Waals surface area contributed by atoms with Gasteiger partial charge in [0.2, 0.25) is 5.91 Å². The molecule has 1 amide bonds. The van der Waals surface area contributed by atoms with Crippen LogP contribution in [0, 0.1) is 0 Å². The molecule has 0 fully saturated rings. The zero-order valence-corrected chi connectivity index (χ0v) is 18.5. The third-order valence-electron chi connectivity index (χ3n) is 5.42. The Hall–Kier alpha value is -4.07. The van der Waals surface area contributed by atoms with E-state index < -0.39 is 17.3 Å². The van der Waals surface area contributed by atoms with Gasteiger partial charge in [0, 0.05) is 0 Å². The molecule has 0 spiro atoms. The molecular weight excluding hydrogens is 422 g/mol. The van der Waals surface area contributed by atoms with Gasteiger partial charge in [-0.1, -0.05) is 19.1 Å². The maximum absolute atomic E-state index is 13.6. The molecule has 1 N–H and O–H groups in total. The van der Waals surface area contributed by atoms with E-state index in [9.17, 15) is 14.4 Å². The van der Waals surface area contributed by atoms with Crippen LogP contribution in [0.5, 0.6) is 5.75 Å². The topological polar surface area (TPSA) is 95.5 Å². The predicted molar refractivity (Wildman–Crippen MR) is 125 cm³/mol. The van der Waals surface area contributed by atoms with Crippen LogP contribution in [0.25, 0.3) is 16.6 Å². The third kappa shape index (κ3) is 4.32. The van der Waals surface area contributed by atoms with Crippen molar-refractivity contribution < 1.29 is 13.9 Å². The molecule has 2 aromatic heterocycles. The summed E-state index contributed by atoms with van der Waals surface area (Å²) in [5.74, 6) is 0.909. The molecule has 2 heterocycles. The highest BCUT2D eigenvalue weighted by Crippen LogP contribution is 2.19. The summed E-state index contributed by atoms with van der Waals surface area (Å²) in [6, 6.07) is 16.2. The smallest absolute Gasteiger partial charge is 0.336 e. The summed E-state index contributed by atoms with van der Waals surface area (Å²) in [6.07, 6.45) is 1.89. The molecule has 0 radical (unpaired) electrons. The van der Waals surface area contributed by atoms with Crippen LogP contribution in [0.1, 0.15) is 32.1 Å². The van der Waals surface area contributed by atoms with Gasteiger partial charge >= 0.3 is 5.69 Å². The molecule has 8 heteroatoms. The van der Waals surface area contributed by atoms with Crippen LogP contribution >= 0.6 is 0 Å². The second-order valence-corrected chi connectivity index (χ2v) is 7.46. The molecule has 4 aromatic rings. The van der Waals surface area contributed by atoms with E-state index in [2.05, 4.69) is 5.32 Å². The Morgan fingerprint density at radius 1 is 1.03 bits per heavy atom. The molecule has 0 bridgehead atoms. The molecule has 0 saturated carbocycles. The van der Waals surface area contributed by atoms with E-state index in [0.717, 1.165) is 4.57 Å². The summed E-state index contributed by atoms with van der Waals surface area (Å²) in [7, 11) is 0. The molecule has 1 unspecified atom stereocenters. The monoisotopic (exact) mass is 447 g/mol. The van der Waals surface area contributed by atoms with Crippen LogP contribution in [0.4, 0.5) is 0 Å².